The molecule has 0 bridgehead atoms. The van der Waals surface area contributed by atoms with E-state index in [4.69, 9.17) is 12.2 Å². The van der Waals surface area contributed by atoms with Gasteiger partial charge in [-0.05, 0) is 49.2 Å². The number of benzene rings is 1. The maximum Gasteiger partial charge on any atom is 0.416 e. The minimum Gasteiger partial charge on any atom is -0.331 e. The van der Waals surface area contributed by atoms with Crippen LogP contribution < -0.4 is 0 Å². The van der Waals surface area contributed by atoms with Gasteiger partial charge in [-0.1, -0.05) is 12.8 Å². The number of rotatable bonds is 2. The topological polar surface area (TPSA) is 20.7 Å². The van der Waals surface area contributed by atoms with Gasteiger partial charge in [-0.3, -0.25) is 0 Å². The lowest BCUT2D eigenvalue weighted by Crippen LogP contribution is -2.08. The number of alkyl halides is 3. The van der Waals surface area contributed by atoms with Gasteiger partial charge in [0, 0.05) is 6.54 Å². The first-order valence-corrected chi connectivity index (χ1v) is 7.16. The van der Waals surface area contributed by atoms with Gasteiger partial charge in [0.2, 0.25) is 0 Å². The standard InChI is InChI=1S/C14H15F3N2S/c15-14(16,17)10-5-6-12-11(7-10)18-13(20)19(12)8-9-3-1-2-4-9/h5-7,9H,1-4,8H2,(H,18,20). The molecule has 0 radical (unpaired) electrons. The Morgan fingerprint density at radius 1 is 1.25 bits per heavy atom. The summed E-state index contributed by atoms with van der Waals surface area (Å²) in [5, 5.41) is 0. The fourth-order valence-corrected chi connectivity index (χ4v) is 3.26. The second-order valence-corrected chi connectivity index (χ2v) is 5.81. The molecule has 0 amide bonds. The SMILES string of the molecule is FC(F)(F)c1ccc2c(c1)[nH]c(=S)n2CC1CCCC1. The van der Waals surface area contributed by atoms with Crippen molar-refractivity contribution < 1.29 is 13.2 Å². The molecule has 0 saturated heterocycles. The summed E-state index contributed by atoms with van der Waals surface area (Å²) in [6, 6.07) is 3.77. The van der Waals surface area contributed by atoms with Crippen LogP contribution in [0.1, 0.15) is 31.2 Å². The van der Waals surface area contributed by atoms with Gasteiger partial charge in [-0.15, -0.1) is 0 Å². The van der Waals surface area contributed by atoms with Gasteiger partial charge in [-0.2, -0.15) is 13.2 Å². The van der Waals surface area contributed by atoms with Crippen molar-refractivity contribution in [1.82, 2.24) is 9.55 Å². The largest absolute Gasteiger partial charge is 0.416 e. The summed E-state index contributed by atoms with van der Waals surface area (Å²) in [7, 11) is 0. The monoisotopic (exact) mass is 300 g/mol. The Kier molecular flexibility index (Phi) is 3.36. The third-order valence-corrected chi connectivity index (χ3v) is 4.34. The zero-order chi connectivity index (χ0) is 14.3. The van der Waals surface area contributed by atoms with Gasteiger partial charge in [0.1, 0.15) is 0 Å². The van der Waals surface area contributed by atoms with E-state index in [-0.39, 0.29) is 0 Å². The molecule has 0 spiro atoms. The van der Waals surface area contributed by atoms with E-state index < -0.39 is 11.7 Å². The van der Waals surface area contributed by atoms with Crippen molar-refractivity contribution in [1.29, 1.82) is 0 Å². The molecule has 3 rings (SSSR count). The highest BCUT2D eigenvalue weighted by Gasteiger charge is 2.30. The van der Waals surface area contributed by atoms with Gasteiger partial charge in [0.15, 0.2) is 4.77 Å². The lowest BCUT2D eigenvalue weighted by atomic mass is 10.1. The molecule has 1 fully saturated rings. The van der Waals surface area contributed by atoms with Crippen LogP contribution in [0, 0.1) is 10.7 Å². The first-order valence-electron chi connectivity index (χ1n) is 6.75. The molecule has 1 aromatic heterocycles. The van der Waals surface area contributed by atoms with Gasteiger partial charge in [0.25, 0.3) is 0 Å². The van der Waals surface area contributed by atoms with E-state index in [2.05, 4.69) is 4.98 Å². The second-order valence-electron chi connectivity index (χ2n) is 5.42. The molecule has 1 aliphatic rings. The molecule has 2 aromatic rings. The molecule has 108 valence electrons. The van der Waals surface area contributed by atoms with Crippen molar-refractivity contribution in [3.05, 3.63) is 28.5 Å². The molecule has 6 heteroatoms. The number of aromatic nitrogens is 2. The van der Waals surface area contributed by atoms with Gasteiger partial charge in [0.05, 0.1) is 16.6 Å². The number of imidazole rings is 1. The smallest absolute Gasteiger partial charge is 0.331 e. The number of H-pyrrole nitrogens is 1. The summed E-state index contributed by atoms with van der Waals surface area (Å²) in [5.74, 6) is 0.586. The van der Waals surface area contributed by atoms with Crippen molar-refractivity contribution in [2.75, 3.05) is 0 Å². The zero-order valence-electron chi connectivity index (χ0n) is 10.8. The van der Waals surface area contributed by atoms with Crippen LogP contribution in [0.25, 0.3) is 11.0 Å². The minimum absolute atomic E-state index is 0.461. The first-order chi connectivity index (χ1) is 9.45. The van der Waals surface area contributed by atoms with Gasteiger partial charge >= 0.3 is 6.18 Å². The van der Waals surface area contributed by atoms with Gasteiger partial charge in [-0.25, -0.2) is 0 Å². The highest BCUT2D eigenvalue weighted by atomic mass is 32.1. The molecule has 1 N–H and O–H groups in total. The molecule has 1 heterocycles. The van der Waals surface area contributed by atoms with Crippen LogP contribution in [-0.4, -0.2) is 9.55 Å². The minimum atomic E-state index is -4.32. The quantitative estimate of drug-likeness (QED) is 0.782. The third-order valence-electron chi connectivity index (χ3n) is 4.02. The second kappa shape index (κ2) is 4.91. The summed E-state index contributed by atoms with van der Waals surface area (Å²) in [6.07, 6.45) is 0.499. The van der Waals surface area contributed by atoms with Crippen LogP contribution in [0.3, 0.4) is 0 Å². The van der Waals surface area contributed by atoms with Crippen LogP contribution in [0.15, 0.2) is 18.2 Å². The van der Waals surface area contributed by atoms with E-state index in [0.717, 1.165) is 24.2 Å². The van der Waals surface area contributed by atoms with Gasteiger partial charge < -0.3 is 9.55 Å². The molecule has 0 aliphatic heterocycles. The van der Waals surface area contributed by atoms with Crippen molar-refractivity contribution in [2.24, 2.45) is 5.92 Å². The number of nitrogens with one attached hydrogen (secondary N) is 1. The predicted octanol–water partition coefficient (Wildman–Crippen LogP) is 4.91. The number of hydrogen-bond acceptors (Lipinski definition) is 1. The number of halogens is 3. The van der Waals surface area contributed by atoms with E-state index in [9.17, 15) is 13.2 Å². The van der Waals surface area contributed by atoms with Crippen LogP contribution >= 0.6 is 12.2 Å². The highest BCUT2D eigenvalue weighted by Crippen LogP contribution is 2.32. The van der Waals surface area contributed by atoms with Crippen LogP contribution in [0.5, 0.6) is 0 Å². The molecular weight excluding hydrogens is 285 g/mol. The number of fused-ring (bicyclic) bond motifs is 1. The van der Waals surface area contributed by atoms with Crippen LogP contribution in [0.4, 0.5) is 13.2 Å². The molecule has 1 saturated carbocycles. The van der Waals surface area contributed by atoms with E-state index in [1.165, 1.54) is 31.7 Å². The van der Waals surface area contributed by atoms with Crippen molar-refractivity contribution in [3.63, 3.8) is 0 Å². The summed E-state index contributed by atoms with van der Waals surface area (Å²) in [4.78, 5) is 2.89. The Morgan fingerprint density at radius 2 is 1.95 bits per heavy atom. The predicted molar refractivity (Wildman–Crippen MR) is 74.1 cm³/mol. The Balaban J connectivity index is 2.01. The molecule has 20 heavy (non-hydrogen) atoms. The molecule has 0 atom stereocenters. The van der Waals surface area contributed by atoms with Crippen molar-refractivity contribution in [2.45, 2.75) is 38.4 Å². The molecule has 2 nitrogen and oxygen atoms in total. The maximum absolute atomic E-state index is 12.7. The number of aromatic amines is 1. The molecular formula is C14H15F3N2S. The van der Waals surface area contributed by atoms with E-state index in [0.29, 0.717) is 16.2 Å². The number of hydrogen-bond donors (Lipinski definition) is 1. The Hall–Kier alpha value is -1.30. The fraction of sp³-hybridized carbons (Fsp3) is 0.500. The Morgan fingerprint density at radius 3 is 2.60 bits per heavy atom. The van der Waals surface area contributed by atoms with E-state index >= 15 is 0 Å². The van der Waals surface area contributed by atoms with Crippen molar-refractivity contribution in [3.8, 4) is 0 Å². The zero-order valence-corrected chi connectivity index (χ0v) is 11.7. The Bertz CT molecular complexity index is 678. The van der Waals surface area contributed by atoms with Crippen molar-refractivity contribution >= 4 is 23.3 Å². The summed E-state index contributed by atoms with van der Waals surface area (Å²) in [5.41, 5.74) is 0.576. The molecule has 0 unspecified atom stereocenters. The fourth-order valence-electron chi connectivity index (χ4n) is 2.97. The lowest BCUT2D eigenvalue weighted by Gasteiger charge is -2.11. The highest BCUT2D eigenvalue weighted by molar-refractivity contribution is 7.71. The first kappa shape index (κ1) is 13.7. The Labute approximate surface area is 119 Å². The van der Waals surface area contributed by atoms with E-state index in [1.54, 1.807) is 0 Å². The average Bonchev–Trinajstić information content (AvgIpc) is 2.97. The normalized spacial score (nSPS) is 17.1. The van der Waals surface area contributed by atoms with Crippen LogP contribution in [0.2, 0.25) is 0 Å². The number of nitrogens with zero attached hydrogens (tertiary/aromatic N) is 1. The average molecular weight is 300 g/mol. The van der Waals surface area contributed by atoms with Crippen LogP contribution in [-0.2, 0) is 12.7 Å². The maximum atomic E-state index is 12.7. The molecule has 1 aliphatic carbocycles. The summed E-state index contributed by atoms with van der Waals surface area (Å²) >= 11 is 5.25. The summed E-state index contributed by atoms with van der Waals surface area (Å²) in [6.45, 7) is 0.796. The van der Waals surface area contributed by atoms with E-state index in [1.807, 2.05) is 4.57 Å². The third kappa shape index (κ3) is 2.49. The lowest BCUT2D eigenvalue weighted by molar-refractivity contribution is -0.137. The summed E-state index contributed by atoms with van der Waals surface area (Å²) < 4.78 is 40.5. The molecule has 1 aromatic carbocycles.